The van der Waals surface area contributed by atoms with Crippen LogP contribution in [-0.2, 0) is 20.8 Å². The van der Waals surface area contributed by atoms with Crippen molar-refractivity contribution in [2.75, 3.05) is 13.5 Å². The van der Waals surface area contributed by atoms with Crippen molar-refractivity contribution in [3.63, 3.8) is 0 Å². The molecule has 0 saturated heterocycles. The summed E-state index contributed by atoms with van der Waals surface area (Å²) in [6.07, 6.45) is -37.0. The average molecular weight is 1500 g/mol. The minimum atomic E-state index is -6.77. The van der Waals surface area contributed by atoms with Crippen molar-refractivity contribution in [2.45, 2.75) is 125 Å². The Kier molecular flexibility index (Phi) is 19.7. The number of rotatable bonds is 18. The van der Waals surface area contributed by atoms with E-state index < -0.39 is 170 Å². The van der Waals surface area contributed by atoms with Gasteiger partial charge in [0.2, 0.25) is 0 Å². The van der Waals surface area contributed by atoms with Gasteiger partial charge in [-0.15, -0.1) is 26.3 Å². The van der Waals surface area contributed by atoms with Crippen LogP contribution >= 0.6 is 46.4 Å². The highest BCUT2D eigenvalue weighted by Crippen LogP contribution is 2.59. The Bertz CT molecular complexity index is 3930. The van der Waals surface area contributed by atoms with Crippen molar-refractivity contribution in [2.24, 2.45) is 11.8 Å². The minimum absolute atomic E-state index is 0.00370. The van der Waals surface area contributed by atoms with Crippen LogP contribution in [0.1, 0.15) is 86.2 Å². The first-order valence-corrected chi connectivity index (χ1v) is 28.9. The lowest BCUT2D eigenvalue weighted by Crippen LogP contribution is -2.53. The number of halogens is 24. The summed E-state index contributed by atoms with van der Waals surface area (Å²) in [6.45, 7) is 7.95. The summed E-state index contributed by atoms with van der Waals surface area (Å²) in [5.41, 5.74) is -26.1. The Balaban J connectivity index is 0.978. The normalized spacial score (nSPS) is 18.9. The van der Waals surface area contributed by atoms with Gasteiger partial charge in [-0.3, -0.25) is 9.59 Å². The van der Waals surface area contributed by atoms with E-state index in [4.69, 9.17) is 55.9 Å². The number of carbonyl (C=O) groups is 3. The topological polar surface area (TPSA) is 178 Å². The van der Waals surface area contributed by atoms with Crippen LogP contribution in [-0.4, -0.2) is 120 Å². The number of hydrogen-bond acceptors (Lipinski definition) is 13. The maximum atomic E-state index is 15.1. The molecule has 0 amide bonds. The highest BCUT2D eigenvalue weighted by Gasteiger charge is 2.75. The lowest BCUT2D eigenvalue weighted by Gasteiger charge is -2.39. The molecule has 2 heterocycles. The average Bonchev–Trinajstić information content (AvgIpc) is 1.43. The molecule has 4 atom stereocenters. The number of benzene rings is 4. The van der Waals surface area contributed by atoms with Gasteiger partial charge >= 0.3 is 54.9 Å². The second-order valence-corrected chi connectivity index (χ2v) is 25.7. The third-order valence-corrected chi connectivity index (χ3v) is 16.9. The van der Waals surface area contributed by atoms with Crippen LogP contribution in [0.4, 0.5) is 92.6 Å². The molecule has 0 N–H and O–H groups in total. The molecule has 0 spiro atoms. The summed E-state index contributed by atoms with van der Waals surface area (Å²) >= 11 is 24.9. The lowest BCUT2D eigenvalue weighted by molar-refractivity contribution is -0.349. The third kappa shape index (κ3) is 14.3. The van der Waals surface area contributed by atoms with E-state index in [1.807, 2.05) is 0 Å². The first-order chi connectivity index (χ1) is 44.6. The molecule has 6 aromatic rings. The van der Waals surface area contributed by atoms with E-state index >= 15 is 8.78 Å². The van der Waals surface area contributed by atoms with E-state index in [0.29, 0.717) is 9.36 Å². The van der Waals surface area contributed by atoms with E-state index in [9.17, 15) is 104 Å². The fraction of sp³-hybridized carbons (Fsp3) is 0.407. The van der Waals surface area contributed by atoms with Crippen molar-refractivity contribution in [3.8, 4) is 57.3 Å². The van der Waals surface area contributed by atoms with E-state index in [2.05, 4.69) is 31.8 Å². The first kappa shape index (κ1) is 75.9. The monoisotopic (exact) mass is 1490 g/mol. The molecule has 15 nitrogen and oxygen atoms in total. The predicted molar refractivity (Wildman–Crippen MR) is 303 cm³/mol. The Labute approximate surface area is 558 Å². The van der Waals surface area contributed by atoms with E-state index in [1.54, 1.807) is 41.5 Å². The molecule has 0 aliphatic heterocycles. The molecule has 2 fully saturated rings. The second-order valence-electron chi connectivity index (χ2n) is 24.1. The second kappa shape index (κ2) is 25.4. The summed E-state index contributed by atoms with van der Waals surface area (Å²) in [7, 11) is 0. The van der Waals surface area contributed by atoms with Crippen molar-refractivity contribution in [1.82, 2.24) is 29.4 Å². The highest BCUT2D eigenvalue weighted by molar-refractivity contribution is 6.35. The standard InChI is InChI=1S/C59H42Cl4F20N8O7/c1-48(2,3)90(50(23-84)17-35(50)45(92)33-11-27(7-9-37(33)60)29-19-86-88(21-29)43-39(62)13-31(15-41(43)97-58(78,79)80)52(64,54(66,67)68)55(69,70)71)25-95-47(94)96-26-91(49(4,5)6)51(24-85)18-36(51)46(93)34-12-28(8-10-38(34)61)30-20-87-89(22-30)44-40(63)14-32(16-42(44)98-59(81,82)83)53(65,56(72,73)74)57(75,76)77/h7-16,19-22,35-36H,17-18,25-26H2,1-6H3. The van der Waals surface area contributed by atoms with Gasteiger partial charge < -0.3 is 18.9 Å². The highest BCUT2D eigenvalue weighted by atomic mass is 35.5. The maximum Gasteiger partial charge on any atom is 0.573 e. The number of Topliss-reactive ketones (excluding diaryl/α,β-unsaturated/α-hetero) is 2. The van der Waals surface area contributed by atoms with Crippen LogP contribution in [0.25, 0.3) is 33.6 Å². The Morgan fingerprint density at radius 3 is 1.09 bits per heavy atom. The summed E-state index contributed by atoms with van der Waals surface area (Å²) in [5, 5.41) is 26.0. The molecule has 39 heteroatoms. The zero-order valence-electron chi connectivity index (χ0n) is 50.1. The van der Waals surface area contributed by atoms with Crippen molar-refractivity contribution >= 4 is 64.1 Å². The van der Waals surface area contributed by atoms with Gasteiger partial charge in [-0.1, -0.05) is 58.5 Å². The van der Waals surface area contributed by atoms with Gasteiger partial charge in [0.15, 0.2) is 36.5 Å². The van der Waals surface area contributed by atoms with Crippen LogP contribution in [0.15, 0.2) is 85.5 Å². The van der Waals surface area contributed by atoms with Crippen molar-refractivity contribution < 1.29 is 121 Å². The quantitative estimate of drug-likeness (QED) is 0.0344. The summed E-state index contributed by atoms with van der Waals surface area (Å²) in [4.78, 5) is 45.0. The molecule has 0 radical (unpaired) electrons. The molecule has 4 aromatic carbocycles. The Morgan fingerprint density at radius 1 is 0.500 bits per heavy atom. The number of nitriles is 2. The lowest BCUT2D eigenvalue weighted by atomic mass is 9.93. The van der Waals surface area contributed by atoms with Crippen LogP contribution in [0.3, 0.4) is 0 Å². The number of nitrogens with zero attached hydrogens (tertiary/aromatic N) is 8. The predicted octanol–water partition coefficient (Wildman–Crippen LogP) is 18.3. The van der Waals surface area contributed by atoms with Gasteiger partial charge in [0.25, 0.3) is 0 Å². The number of hydrogen-bond donors (Lipinski definition) is 0. The number of carbonyl (C=O) groups excluding carboxylic acids is 3. The van der Waals surface area contributed by atoms with Crippen molar-refractivity contribution in [1.29, 1.82) is 10.5 Å². The third-order valence-electron chi connectivity index (χ3n) is 15.7. The molecule has 2 saturated carbocycles. The molecule has 8 rings (SSSR count). The van der Waals surface area contributed by atoms with Crippen molar-refractivity contribution in [3.05, 3.63) is 128 Å². The van der Waals surface area contributed by atoms with Gasteiger partial charge in [0.1, 0.15) is 22.5 Å². The van der Waals surface area contributed by atoms with Gasteiger partial charge in [0.05, 0.1) is 56.5 Å². The molecule has 2 aromatic heterocycles. The molecule has 2 aliphatic rings. The molecule has 528 valence electrons. The molecule has 2 aliphatic carbocycles. The number of alkyl halides is 20. The van der Waals surface area contributed by atoms with Gasteiger partial charge in [-0.2, -0.15) is 73.4 Å². The number of ether oxygens (including phenoxy) is 4. The molecular weight excluding hydrogens is 1450 g/mol. The Morgan fingerprint density at radius 2 is 0.816 bits per heavy atom. The van der Waals surface area contributed by atoms with E-state index in [1.165, 1.54) is 34.1 Å². The smallest absolute Gasteiger partial charge is 0.418 e. The summed E-state index contributed by atoms with van der Waals surface area (Å²) < 4.78 is 295. The maximum absolute atomic E-state index is 15.1. The zero-order valence-corrected chi connectivity index (χ0v) is 53.1. The van der Waals surface area contributed by atoms with Crippen LogP contribution in [0.2, 0.25) is 20.1 Å². The molecular formula is C59H42Cl4F20N8O7. The first-order valence-electron chi connectivity index (χ1n) is 27.4. The number of ketones is 2. The van der Waals surface area contributed by atoms with E-state index in [0.717, 1.165) is 36.9 Å². The van der Waals surface area contributed by atoms with Gasteiger partial charge in [-0.05, 0) is 114 Å². The largest absolute Gasteiger partial charge is 0.573 e. The van der Waals surface area contributed by atoms with Crippen LogP contribution in [0, 0.1) is 34.5 Å². The minimum Gasteiger partial charge on any atom is -0.418 e. The Hall–Kier alpha value is -7.83. The van der Waals surface area contributed by atoms with E-state index in [-0.39, 0.29) is 68.4 Å². The zero-order chi connectivity index (χ0) is 73.8. The SMILES string of the molecule is CC(C)(C)N(COC(=O)OCN(C(C)(C)C)C1(C#N)CC1C(=O)c1cc(-c2cnn(-c3c(Cl)cc(C(F)(C(F)(F)F)C(F)(F)F)cc3OC(F)(F)F)c2)ccc1Cl)C1(C#N)CC1C(=O)c1cc(-c2cnn(-c3c(Cl)cc(C(F)(C(F)(F)F)C(F)(F)F)cc3OC(F)(F)F)c2)ccc1Cl. The van der Waals surface area contributed by atoms with Crippen LogP contribution in [0.5, 0.6) is 11.5 Å². The molecule has 4 unspecified atom stereocenters. The summed E-state index contributed by atoms with van der Waals surface area (Å²) in [5.74, 6) is -7.78. The summed E-state index contributed by atoms with van der Waals surface area (Å²) in [6, 6.07) is 9.86. The van der Waals surface area contributed by atoms with Gasteiger partial charge in [-0.25, -0.2) is 32.7 Å². The molecule has 98 heavy (non-hydrogen) atoms. The molecule has 0 bridgehead atoms. The fourth-order valence-corrected chi connectivity index (χ4v) is 11.9. The van der Waals surface area contributed by atoms with Crippen LogP contribution < -0.4 is 9.47 Å². The fourth-order valence-electron chi connectivity index (χ4n) is 10.9. The van der Waals surface area contributed by atoms with Gasteiger partial charge in [0, 0.05) is 56.9 Å². The number of aromatic nitrogens is 4.